The van der Waals surface area contributed by atoms with Crippen LogP contribution >= 0.6 is 24.0 Å². The number of hydrogen-bond donors (Lipinski definition) is 1. The van der Waals surface area contributed by atoms with Crippen molar-refractivity contribution in [2.24, 2.45) is 10.7 Å². The maximum absolute atomic E-state index is 11.6. The van der Waals surface area contributed by atoms with E-state index in [1.54, 1.807) is 0 Å². The van der Waals surface area contributed by atoms with E-state index in [4.69, 9.17) is 10.5 Å². The molecule has 0 saturated carbocycles. The Kier molecular flexibility index (Phi) is 6.95. The summed E-state index contributed by atoms with van der Waals surface area (Å²) in [5.41, 5.74) is 5.92. The molecule has 2 N–H and O–H groups in total. The van der Waals surface area contributed by atoms with E-state index in [9.17, 15) is 8.42 Å². The number of guanidine groups is 1. The summed E-state index contributed by atoms with van der Waals surface area (Å²) in [5.74, 6) is 0.736. The van der Waals surface area contributed by atoms with E-state index in [2.05, 4.69) is 4.99 Å². The first-order valence-corrected chi connectivity index (χ1v) is 8.24. The standard InChI is InChI=1S/C11H22N4O3S.HI/c1-10-9-14(6-7-18-10)11(12)13-3-5-15-4-2-8-19(15,16)17;/h10H,2-9H2,1H3,(H2,12,13);1H. The zero-order chi connectivity index (χ0) is 13.9. The van der Waals surface area contributed by atoms with Crippen molar-refractivity contribution in [3.05, 3.63) is 0 Å². The molecule has 2 rings (SSSR count). The Labute approximate surface area is 137 Å². The Morgan fingerprint density at radius 3 is 2.80 bits per heavy atom. The molecule has 0 amide bonds. The number of halogens is 1. The number of aliphatic imine (C=N–C) groups is 1. The lowest BCUT2D eigenvalue weighted by atomic mass is 10.3. The molecule has 0 aromatic rings. The largest absolute Gasteiger partial charge is 0.375 e. The van der Waals surface area contributed by atoms with Crippen LogP contribution in [0.15, 0.2) is 4.99 Å². The highest BCUT2D eigenvalue weighted by Crippen LogP contribution is 2.12. The average Bonchev–Trinajstić information content (AvgIpc) is 2.69. The van der Waals surface area contributed by atoms with E-state index in [0.29, 0.717) is 38.6 Å². The molecule has 20 heavy (non-hydrogen) atoms. The van der Waals surface area contributed by atoms with Gasteiger partial charge in [-0.05, 0) is 13.3 Å². The molecule has 2 aliphatic heterocycles. The lowest BCUT2D eigenvalue weighted by Gasteiger charge is -2.31. The fourth-order valence-corrected chi connectivity index (χ4v) is 3.86. The average molecular weight is 418 g/mol. The summed E-state index contributed by atoms with van der Waals surface area (Å²) in [6, 6.07) is 0. The number of nitrogens with zero attached hydrogens (tertiary/aromatic N) is 3. The first-order chi connectivity index (χ1) is 8.99. The third-order valence-corrected chi connectivity index (χ3v) is 5.35. The van der Waals surface area contributed by atoms with Crippen molar-refractivity contribution in [2.75, 3.05) is 45.1 Å². The van der Waals surface area contributed by atoms with Crippen molar-refractivity contribution >= 4 is 40.0 Å². The van der Waals surface area contributed by atoms with Gasteiger partial charge in [0, 0.05) is 26.2 Å². The fraction of sp³-hybridized carbons (Fsp3) is 0.909. The highest BCUT2D eigenvalue weighted by atomic mass is 127. The molecule has 0 aliphatic carbocycles. The molecule has 0 radical (unpaired) electrons. The van der Waals surface area contributed by atoms with E-state index in [0.717, 1.165) is 13.1 Å². The van der Waals surface area contributed by atoms with E-state index in [1.165, 1.54) is 4.31 Å². The zero-order valence-electron chi connectivity index (χ0n) is 11.7. The lowest BCUT2D eigenvalue weighted by molar-refractivity contribution is 0.00530. The Balaban J connectivity index is 0.00000200. The van der Waals surface area contributed by atoms with Gasteiger partial charge in [-0.25, -0.2) is 12.7 Å². The number of sulfonamides is 1. The van der Waals surface area contributed by atoms with E-state index >= 15 is 0 Å². The van der Waals surface area contributed by atoms with Crippen LogP contribution in [0.2, 0.25) is 0 Å². The molecular formula is C11H23IN4O3S. The van der Waals surface area contributed by atoms with Crippen molar-refractivity contribution in [3.8, 4) is 0 Å². The van der Waals surface area contributed by atoms with Crippen LogP contribution in [-0.2, 0) is 14.8 Å². The minimum absolute atomic E-state index is 0. The highest BCUT2D eigenvalue weighted by Gasteiger charge is 2.27. The molecule has 2 aliphatic rings. The van der Waals surface area contributed by atoms with E-state index < -0.39 is 10.0 Å². The first kappa shape index (κ1) is 17.9. The topological polar surface area (TPSA) is 88.2 Å². The van der Waals surface area contributed by atoms with Crippen LogP contribution in [0.5, 0.6) is 0 Å². The van der Waals surface area contributed by atoms with Crippen molar-refractivity contribution in [1.82, 2.24) is 9.21 Å². The summed E-state index contributed by atoms with van der Waals surface area (Å²) in [6.45, 7) is 5.55. The third kappa shape index (κ3) is 4.71. The van der Waals surface area contributed by atoms with Gasteiger partial charge in [0.1, 0.15) is 0 Å². The number of morpholine rings is 1. The summed E-state index contributed by atoms with van der Waals surface area (Å²) in [4.78, 5) is 6.25. The van der Waals surface area contributed by atoms with Gasteiger partial charge in [-0.15, -0.1) is 24.0 Å². The normalized spacial score (nSPS) is 27.4. The molecule has 2 fully saturated rings. The van der Waals surface area contributed by atoms with Gasteiger partial charge in [0.25, 0.3) is 0 Å². The number of rotatable bonds is 3. The third-order valence-electron chi connectivity index (χ3n) is 3.39. The Morgan fingerprint density at radius 1 is 1.45 bits per heavy atom. The summed E-state index contributed by atoms with van der Waals surface area (Å²) >= 11 is 0. The quantitative estimate of drug-likeness (QED) is 0.386. The smallest absolute Gasteiger partial charge is 0.214 e. The van der Waals surface area contributed by atoms with Crippen LogP contribution in [-0.4, -0.2) is 74.8 Å². The van der Waals surface area contributed by atoms with Crippen LogP contribution in [0.4, 0.5) is 0 Å². The van der Waals surface area contributed by atoms with Crippen molar-refractivity contribution in [3.63, 3.8) is 0 Å². The second kappa shape index (κ2) is 7.76. The minimum Gasteiger partial charge on any atom is -0.375 e. The monoisotopic (exact) mass is 418 g/mol. The summed E-state index contributed by atoms with van der Waals surface area (Å²) in [7, 11) is -3.03. The van der Waals surface area contributed by atoms with Crippen molar-refractivity contribution < 1.29 is 13.2 Å². The minimum atomic E-state index is -3.03. The van der Waals surface area contributed by atoms with Gasteiger partial charge in [0.15, 0.2) is 5.96 Å². The van der Waals surface area contributed by atoms with Crippen molar-refractivity contribution in [2.45, 2.75) is 19.4 Å². The summed E-state index contributed by atoms with van der Waals surface area (Å²) < 4.78 is 30.1. The maximum atomic E-state index is 11.6. The second-order valence-electron chi connectivity index (χ2n) is 4.94. The van der Waals surface area contributed by atoms with E-state index in [-0.39, 0.29) is 35.8 Å². The maximum Gasteiger partial charge on any atom is 0.214 e. The fourth-order valence-electron chi connectivity index (χ4n) is 2.34. The highest BCUT2D eigenvalue weighted by molar-refractivity contribution is 14.0. The van der Waals surface area contributed by atoms with Crippen LogP contribution in [0.1, 0.15) is 13.3 Å². The summed E-state index contributed by atoms with van der Waals surface area (Å²) in [5, 5.41) is 0. The molecule has 0 spiro atoms. The number of ether oxygens (including phenoxy) is 1. The predicted octanol–water partition coefficient (Wildman–Crippen LogP) is -0.325. The van der Waals surface area contributed by atoms with Gasteiger partial charge in [-0.2, -0.15) is 0 Å². The van der Waals surface area contributed by atoms with Gasteiger partial charge in [-0.1, -0.05) is 0 Å². The lowest BCUT2D eigenvalue weighted by Crippen LogP contribution is -2.48. The number of nitrogens with two attached hydrogens (primary N) is 1. The van der Waals surface area contributed by atoms with Gasteiger partial charge in [-0.3, -0.25) is 4.99 Å². The number of hydrogen-bond acceptors (Lipinski definition) is 4. The molecular weight excluding hydrogens is 395 g/mol. The molecule has 2 heterocycles. The SMILES string of the molecule is CC1CN(C(N)=NCCN2CCCS2(=O)=O)CCO1.I. The molecule has 0 aromatic carbocycles. The molecule has 0 bridgehead atoms. The van der Waals surface area contributed by atoms with Crippen LogP contribution in [0, 0.1) is 0 Å². The summed E-state index contributed by atoms with van der Waals surface area (Å²) in [6.07, 6.45) is 0.865. The molecule has 9 heteroatoms. The molecule has 1 atom stereocenters. The molecule has 7 nitrogen and oxygen atoms in total. The second-order valence-corrected chi connectivity index (χ2v) is 7.02. The predicted molar refractivity (Wildman–Crippen MR) is 88.9 cm³/mol. The molecule has 118 valence electrons. The van der Waals surface area contributed by atoms with Crippen LogP contribution in [0.25, 0.3) is 0 Å². The Hall–Kier alpha value is -0.130. The molecule has 2 saturated heterocycles. The van der Waals surface area contributed by atoms with Gasteiger partial charge in [0.05, 0.1) is 25.0 Å². The Bertz CT molecular complexity index is 443. The Morgan fingerprint density at radius 2 is 2.20 bits per heavy atom. The van der Waals surface area contributed by atoms with Gasteiger partial charge >= 0.3 is 0 Å². The first-order valence-electron chi connectivity index (χ1n) is 6.63. The van der Waals surface area contributed by atoms with Crippen molar-refractivity contribution in [1.29, 1.82) is 0 Å². The zero-order valence-corrected chi connectivity index (χ0v) is 14.8. The van der Waals surface area contributed by atoms with E-state index in [1.807, 2.05) is 11.8 Å². The molecule has 1 unspecified atom stereocenters. The van der Waals surface area contributed by atoms with Crippen LogP contribution in [0.3, 0.4) is 0 Å². The van der Waals surface area contributed by atoms with Gasteiger partial charge in [0.2, 0.25) is 10.0 Å². The van der Waals surface area contributed by atoms with Crippen LogP contribution < -0.4 is 5.73 Å². The van der Waals surface area contributed by atoms with Gasteiger partial charge < -0.3 is 15.4 Å². The molecule has 0 aromatic heterocycles.